The Morgan fingerprint density at radius 3 is 2.80 bits per heavy atom. The van der Waals surface area contributed by atoms with Gasteiger partial charge in [-0.15, -0.1) is 0 Å². The van der Waals surface area contributed by atoms with E-state index in [1.54, 1.807) is 6.07 Å². The molecule has 2 N–H and O–H groups in total. The van der Waals surface area contributed by atoms with Crippen molar-refractivity contribution in [3.05, 3.63) is 58.0 Å². The average Bonchev–Trinajstić information content (AvgIpc) is 3.13. The quantitative estimate of drug-likeness (QED) is 0.736. The van der Waals surface area contributed by atoms with Crippen molar-refractivity contribution >= 4 is 17.5 Å². The van der Waals surface area contributed by atoms with Crippen molar-refractivity contribution in [2.45, 2.75) is 20.3 Å². The van der Waals surface area contributed by atoms with E-state index >= 15 is 0 Å². The van der Waals surface area contributed by atoms with E-state index in [1.165, 1.54) is 0 Å². The Kier molecular flexibility index (Phi) is 4.90. The Labute approximate surface area is 151 Å². The molecule has 130 valence electrons. The highest BCUT2D eigenvalue weighted by molar-refractivity contribution is 6.30. The Bertz CT molecular complexity index is 912. The molecule has 0 unspecified atom stereocenters. The molecule has 3 rings (SSSR count). The second-order valence-corrected chi connectivity index (χ2v) is 6.41. The summed E-state index contributed by atoms with van der Waals surface area (Å²) in [6.45, 7) is 4.44. The fourth-order valence-corrected chi connectivity index (χ4v) is 3.03. The molecule has 25 heavy (non-hydrogen) atoms. The van der Waals surface area contributed by atoms with Crippen molar-refractivity contribution in [1.82, 2.24) is 25.3 Å². The summed E-state index contributed by atoms with van der Waals surface area (Å²) in [6.07, 6.45) is 0.716. The van der Waals surface area contributed by atoms with Crippen LogP contribution in [0.25, 0.3) is 11.3 Å². The van der Waals surface area contributed by atoms with Crippen LogP contribution in [-0.2, 0) is 13.5 Å². The van der Waals surface area contributed by atoms with Crippen molar-refractivity contribution in [3.8, 4) is 11.3 Å². The topological polar surface area (TPSA) is 75.6 Å². The van der Waals surface area contributed by atoms with Crippen molar-refractivity contribution in [2.75, 3.05) is 6.54 Å². The van der Waals surface area contributed by atoms with Gasteiger partial charge < -0.3 is 5.32 Å². The number of amides is 1. The number of hydrogen-bond acceptors (Lipinski definition) is 3. The van der Waals surface area contributed by atoms with E-state index in [-0.39, 0.29) is 5.91 Å². The monoisotopic (exact) mass is 357 g/mol. The van der Waals surface area contributed by atoms with E-state index in [2.05, 4.69) is 20.6 Å². The van der Waals surface area contributed by atoms with Crippen molar-refractivity contribution in [1.29, 1.82) is 0 Å². The third-order valence-corrected chi connectivity index (χ3v) is 4.41. The molecule has 0 saturated carbocycles. The number of nitrogens with zero attached hydrogens (tertiary/aromatic N) is 3. The molecule has 2 aromatic heterocycles. The molecule has 1 amide bonds. The van der Waals surface area contributed by atoms with Crippen LogP contribution in [0.2, 0.25) is 5.02 Å². The van der Waals surface area contributed by atoms with Crippen molar-refractivity contribution < 1.29 is 4.79 Å². The van der Waals surface area contributed by atoms with Crippen LogP contribution >= 0.6 is 11.6 Å². The Morgan fingerprint density at radius 2 is 2.12 bits per heavy atom. The molecule has 0 atom stereocenters. The van der Waals surface area contributed by atoms with Crippen LogP contribution in [-0.4, -0.2) is 32.4 Å². The molecule has 2 heterocycles. The number of aryl methyl sites for hydroxylation is 2. The Balaban J connectivity index is 1.65. The van der Waals surface area contributed by atoms with Gasteiger partial charge in [-0.25, -0.2) is 0 Å². The fourth-order valence-electron chi connectivity index (χ4n) is 2.82. The first kappa shape index (κ1) is 17.2. The van der Waals surface area contributed by atoms with E-state index in [0.717, 1.165) is 28.2 Å². The lowest BCUT2D eigenvalue weighted by atomic mass is 10.1. The van der Waals surface area contributed by atoms with Crippen LogP contribution in [0, 0.1) is 13.8 Å². The number of nitrogens with one attached hydrogen (secondary N) is 2. The number of carbonyl (C=O) groups is 1. The first-order valence-corrected chi connectivity index (χ1v) is 8.42. The van der Waals surface area contributed by atoms with Gasteiger partial charge in [-0.1, -0.05) is 23.7 Å². The van der Waals surface area contributed by atoms with Crippen molar-refractivity contribution in [3.63, 3.8) is 0 Å². The Morgan fingerprint density at radius 1 is 1.32 bits per heavy atom. The lowest BCUT2D eigenvalue weighted by molar-refractivity contribution is 0.0949. The molecular weight excluding hydrogens is 338 g/mol. The molecular formula is C18H20ClN5O. The predicted molar refractivity (Wildman–Crippen MR) is 97.8 cm³/mol. The maximum absolute atomic E-state index is 12.3. The molecule has 0 saturated heterocycles. The SMILES string of the molecule is Cc1nn(C)c(C)c1-c1cc(C(=O)NCCc2cccc(Cl)c2)[nH]n1. The number of rotatable bonds is 5. The van der Waals surface area contributed by atoms with E-state index < -0.39 is 0 Å². The molecule has 7 heteroatoms. The van der Waals surface area contributed by atoms with Crippen LogP contribution in [0.5, 0.6) is 0 Å². The van der Waals surface area contributed by atoms with Gasteiger partial charge >= 0.3 is 0 Å². The normalized spacial score (nSPS) is 10.9. The lowest BCUT2D eigenvalue weighted by Crippen LogP contribution is -2.26. The van der Waals surface area contributed by atoms with Gasteiger partial charge in [0.05, 0.1) is 11.4 Å². The van der Waals surface area contributed by atoms with Crippen LogP contribution in [0.15, 0.2) is 30.3 Å². The third-order valence-electron chi connectivity index (χ3n) is 4.18. The number of carbonyl (C=O) groups excluding carboxylic acids is 1. The smallest absolute Gasteiger partial charge is 0.269 e. The number of H-pyrrole nitrogens is 1. The zero-order valence-electron chi connectivity index (χ0n) is 14.4. The van der Waals surface area contributed by atoms with E-state index in [9.17, 15) is 4.79 Å². The molecule has 6 nitrogen and oxygen atoms in total. The summed E-state index contributed by atoms with van der Waals surface area (Å²) in [5.41, 5.74) is 5.10. The summed E-state index contributed by atoms with van der Waals surface area (Å²) in [6, 6.07) is 9.37. The standard InChI is InChI=1S/C18H20ClN5O/c1-11-17(12(2)24(3)23-11)15-10-16(22-21-15)18(25)20-8-7-13-5-4-6-14(19)9-13/h4-6,9-10H,7-8H2,1-3H3,(H,20,25)(H,21,22). The summed E-state index contributed by atoms with van der Waals surface area (Å²) in [5, 5.41) is 15.0. The molecule has 0 bridgehead atoms. The van der Waals surface area contributed by atoms with Gasteiger partial charge in [0, 0.05) is 29.9 Å². The number of aromatic amines is 1. The van der Waals surface area contributed by atoms with Gasteiger partial charge in [-0.3, -0.25) is 14.6 Å². The zero-order chi connectivity index (χ0) is 18.0. The van der Waals surface area contributed by atoms with Crippen LogP contribution < -0.4 is 5.32 Å². The predicted octanol–water partition coefficient (Wildman–Crippen LogP) is 3.05. The van der Waals surface area contributed by atoms with Gasteiger partial charge in [0.25, 0.3) is 5.91 Å². The minimum absolute atomic E-state index is 0.181. The first-order valence-electron chi connectivity index (χ1n) is 8.04. The fraction of sp³-hybridized carbons (Fsp3) is 0.278. The van der Waals surface area contributed by atoms with Crippen LogP contribution in [0.1, 0.15) is 27.4 Å². The molecule has 1 aromatic carbocycles. The largest absolute Gasteiger partial charge is 0.350 e. The van der Waals surface area contributed by atoms with E-state index in [1.807, 2.05) is 49.8 Å². The number of aromatic nitrogens is 4. The average molecular weight is 358 g/mol. The van der Waals surface area contributed by atoms with E-state index in [4.69, 9.17) is 11.6 Å². The number of benzene rings is 1. The highest BCUT2D eigenvalue weighted by Crippen LogP contribution is 2.25. The van der Waals surface area contributed by atoms with Gasteiger partial charge in [0.1, 0.15) is 5.69 Å². The summed E-state index contributed by atoms with van der Waals surface area (Å²) < 4.78 is 1.81. The zero-order valence-corrected chi connectivity index (χ0v) is 15.2. The highest BCUT2D eigenvalue weighted by Gasteiger charge is 2.16. The minimum Gasteiger partial charge on any atom is -0.350 e. The number of halogens is 1. The number of hydrogen-bond donors (Lipinski definition) is 2. The second kappa shape index (κ2) is 7.11. The summed E-state index contributed by atoms with van der Waals surface area (Å²) >= 11 is 5.96. The highest BCUT2D eigenvalue weighted by atomic mass is 35.5. The molecule has 0 aliphatic carbocycles. The lowest BCUT2D eigenvalue weighted by Gasteiger charge is -2.04. The summed E-state index contributed by atoms with van der Waals surface area (Å²) in [5.74, 6) is -0.181. The van der Waals surface area contributed by atoms with E-state index in [0.29, 0.717) is 23.7 Å². The van der Waals surface area contributed by atoms with Crippen LogP contribution in [0.4, 0.5) is 0 Å². The summed E-state index contributed by atoms with van der Waals surface area (Å²) in [7, 11) is 1.89. The third kappa shape index (κ3) is 3.74. The Hall–Kier alpha value is -2.60. The molecule has 0 spiro atoms. The maximum Gasteiger partial charge on any atom is 0.269 e. The second-order valence-electron chi connectivity index (χ2n) is 5.97. The molecule has 0 radical (unpaired) electrons. The van der Waals surface area contributed by atoms with Gasteiger partial charge in [0.15, 0.2) is 0 Å². The minimum atomic E-state index is -0.181. The maximum atomic E-state index is 12.3. The van der Waals surface area contributed by atoms with Crippen molar-refractivity contribution in [2.24, 2.45) is 7.05 Å². The van der Waals surface area contributed by atoms with Gasteiger partial charge in [-0.2, -0.15) is 10.2 Å². The molecule has 3 aromatic rings. The molecule has 0 aliphatic heterocycles. The molecule has 0 fully saturated rings. The van der Waals surface area contributed by atoms with Gasteiger partial charge in [-0.05, 0) is 44.0 Å². The first-order chi connectivity index (χ1) is 12.0. The van der Waals surface area contributed by atoms with Crippen LogP contribution in [0.3, 0.4) is 0 Å². The van der Waals surface area contributed by atoms with Gasteiger partial charge in [0.2, 0.25) is 0 Å². The molecule has 0 aliphatic rings. The summed E-state index contributed by atoms with van der Waals surface area (Å²) in [4.78, 5) is 12.3.